The summed E-state index contributed by atoms with van der Waals surface area (Å²) in [5.74, 6) is 1.20. The first-order valence-electron chi connectivity index (χ1n) is 6.02. The Hall–Kier alpha value is -1.36. The summed E-state index contributed by atoms with van der Waals surface area (Å²) in [7, 11) is 1.60. The Morgan fingerprint density at radius 1 is 1.47 bits per heavy atom. The second-order valence-corrected chi connectivity index (χ2v) is 4.07. The largest absolute Gasteiger partial charge is 0.481 e. The minimum Gasteiger partial charge on any atom is -0.481 e. The standard InChI is InChI=1S/C12H22N4O/c1-5-16(10(2)3)9-8-14-12-13-7-6-11(15-12)17-4/h6-7,10H,5,8-9H2,1-4H3,(H,13,14,15). The predicted octanol–water partition coefficient (Wildman–Crippen LogP) is 1.63. The molecule has 0 amide bonds. The van der Waals surface area contributed by atoms with E-state index in [1.807, 2.05) is 0 Å². The molecule has 0 aliphatic heterocycles. The molecule has 1 aromatic heterocycles. The number of anilines is 1. The van der Waals surface area contributed by atoms with Gasteiger partial charge in [0.1, 0.15) is 0 Å². The number of methoxy groups -OCH3 is 1. The maximum atomic E-state index is 5.04. The highest BCUT2D eigenvalue weighted by Gasteiger charge is 2.06. The molecule has 5 heteroatoms. The van der Waals surface area contributed by atoms with E-state index in [1.165, 1.54) is 0 Å². The first-order chi connectivity index (χ1) is 8.17. The molecule has 5 nitrogen and oxygen atoms in total. The van der Waals surface area contributed by atoms with Gasteiger partial charge in [-0.05, 0) is 20.4 Å². The summed E-state index contributed by atoms with van der Waals surface area (Å²) >= 11 is 0. The highest BCUT2D eigenvalue weighted by molar-refractivity contribution is 5.27. The number of nitrogens with zero attached hydrogens (tertiary/aromatic N) is 3. The Morgan fingerprint density at radius 3 is 2.82 bits per heavy atom. The van der Waals surface area contributed by atoms with Gasteiger partial charge in [0.05, 0.1) is 7.11 Å². The smallest absolute Gasteiger partial charge is 0.225 e. The molecule has 0 aromatic carbocycles. The molecule has 17 heavy (non-hydrogen) atoms. The molecule has 0 bridgehead atoms. The van der Waals surface area contributed by atoms with Gasteiger partial charge in [0.15, 0.2) is 0 Å². The minimum atomic E-state index is 0.563. The van der Waals surface area contributed by atoms with Crippen molar-refractivity contribution in [1.29, 1.82) is 0 Å². The van der Waals surface area contributed by atoms with Crippen LogP contribution in [-0.2, 0) is 0 Å². The van der Waals surface area contributed by atoms with Gasteiger partial charge < -0.3 is 10.1 Å². The molecule has 1 rings (SSSR count). The van der Waals surface area contributed by atoms with Crippen molar-refractivity contribution < 1.29 is 4.74 Å². The lowest BCUT2D eigenvalue weighted by Crippen LogP contribution is -2.34. The van der Waals surface area contributed by atoms with E-state index < -0.39 is 0 Å². The van der Waals surface area contributed by atoms with Crippen molar-refractivity contribution in [3.05, 3.63) is 12.3 Å². The molecule has 0 spiro atoms. The van der Waals surface area contributed by atoms with Gasteiger partial charge in [-0.25, -0.2) is 4.98 Å². The summed E-state index contributed by atoms with van der Waals surface area (Å²) in [4.78, 5) is 10.7. The number of aromatic nitrogens is 2. The number of ether oxygens (including phenoxy) is 1. The fourth-order valence-corrected chi connectivity index (χ4v) is 1.63. The lowest BCUT2D eigenvalue weighted by Gasteiger charge is -2.24. The van der Waals surface area contributed by atoms with E-state index in [0.29, 0.717) is 17.9 Å². The van der Waals surface area contributed by atoms with E-state index in [-0.39, 0.29) is 0 Å². The summed E-state index contributed by atoms with van der Waals surface area (Å²) < 4.78 is 5.04. The molecule has 0 aliphatic carbocycles. The van der Waals surface area contributed by atoms with Crippen molar-refractivity contribution >= 4 is 5.95 Å². The summed E-state index contributed by atoms with van der Waals surface area (Å²) in [5.41, 5.74) is 0. The van der Waals surface area contributed by atoms with Gasteiger partial charge in [0.2, 0.25) is 11.8 Å². The highest BCUT2D eigenvalue weighted by Crippen LogP contribution is 2.06. The first-order valence-corrected chi connectivity index (χ1v) is 6.02. The minimum absolute atomic E-state index is 0.563. The third-order valence-corrected chi connectivity index (χ3v) is 2.66. The fourth-order valence-electron chi connectivity index (χ4n) is 1.63. The molecular formula is C12H22N4O. The molecular weight excluding hydrogens is 216 g/mol. The van der Waals surface area contributed by atoms with Crippen LogP contribution in [0.25, 0.3) is 0 Å². The van der Waals surface area contributed by atoms with Crippen molar-refractivity contribution in [1.82, 2.24) is 14.9 Å². The predicted molar refractivity (Wildman–Crippen MR) is 69.5 cm³/mol. The van der Waals surface area contributed by atoms with Crippen molar-refractivity contribution in [2.75, 3.05) is 32.1 Å². The maximum Gasteiger partial charge on any atom is 0.225 e. The molecule has 1 N–H and O–H groups in total. The quantitative estimate of drug-likeness (QED) is 0.782. The maximum absolute atomic E-state index is 5.04. The molecule has 0 unspecified atom stereocenters. The van der Waals surface area contributed by atoms with Crippen molar-refractivity contribution in [2.45, 2.75) is 26.8 Å². The number of hydrogen-bond donors (Lipinski definition) is 1. The van der Waals surface area contributed by atoms with Crippen LogP contribution in [0.4, 0.5) is 5.95 Å². The zero-order chi connectivity index (χ0) is 12.7. The average Bonchev–Trinajstić information content (AvgIpc) is 2.34. The Bertz CT molecular complexity index is 330. The van der Waals surface area contributed by atoms with Gasteiger partial charge in [-0.3, -0.25) is 4.90 Å². The monoisotopic (exact) mass is 238 g/mol. The molecule has 0 fully saturated rings. The van der Waals surface area contributed by atoms with Crippen molar-refractivity contribution in [2.24, 2.45) is 0 Å². The SMILES string of the molecule is CCN(CCNc1nccc(OC)n1)C(C)C. The van der Waals surface area contributed by atoms with Crippen LogP contribution >= 0.6 is 0 Å². The third kappa shape index (κ3) is 4.56. The van der Waals surface area contributed by atoms with Crippen molar-refractivity contribution in [3.8, 4) is 5.88 Å². The number of hydrogen-bond acceptors (Lipinski definition) is 5. The van der Waals surface area contributed by atoms with E-state index in [4.69, 9.17) is 4.74 Å². The van der Waals surface area contributed by atoms with Gasteiger partial charge in [-0.15, -0.1) is 0 Å². The molecule has 1 heterocycles. The lowest BCUT2D eigenvalue weighted by molar-refractivity contribution is 0.243. The average molecular weight is 238 g/mol. The van der Waals surface area contributed by atoms with Gasteiger partial charge in [0.25, 0.3) is 0 Å². The van der Waals surface area contributed by atoms with Crippen LogP contribution in [0.15, 0.2) is 12.3 Å². The van der Waals surface area contributed by atoms with Gasteiger partial charge in [0, 0.05) is 31.4 Å². The Balaban J connectivity index is 2.39. The zero-order valence-corrected chi connectivity index (χ0v) is 11.1. The first kappa shape index (κ1) is 13.7. The Morgan fingerprint density at radius 2 is 2.24 bits per heavy atom. The normalized spacial score (nSPS) is 10.9. The molecule has 0 saturated heterocycles. The van der Waals surface area contributed by atoms with E-state index in [1.54, 1.807) is 19.4 Å². The molecule has 0 radical (unpaired) electrons. The number of rotatable bonds is 7. The number of nitrogens with one attached hydrogen (secondary N) is 1. The van der Waals surface area contributed by atoms with Crippen LogP contribution < -0.4 is 10.1 Å². The second-order valence-electron chi connectivity index (χ2n) is 4.07. The van der Waals surface area contributed by atoms with E-state index >= 15 is 0 Å². The summed E-state index contributed by atoms with van der Waals surface area (Å²) in [6.45, 7) is 9.44. The zero-order valence-electron chi connectivity index (χ0n) is 11.1. The molecule has 0 saturated carbocycles. The third-order valence-electron chi connectivity index (χ3n) is 2.66. The van der Waals surface area contributed by atoms with Crippen LogP contribution in [0.5, 0.6) is 5.88 Å². The Kier molecular flexibility index (Phi) is 5.69. The van der Waals surface area contributed by atoms with Crippen LogP contribution in [0.3, 0.4) is 0 Å². The van der Waals surface area contributed by atoms with Crippen LogP contribution in [0, 0.1) is 0 Å². The van der Waals surface area contributed by atoms with Gasteiger partial charge in [-0.2, -0.15) is 4.98 Å². The lowest BCUT2D eigenvalue weighted by atomic mass is 10.3. The summed E-state index contributed by atoms with van der Waals surface area (Å²) in [6, 6.07) is 2.30. The molecule has 1 aromatic rings. The Labute approximate surface area is 103 Å². The van der Waals surface area contributed by atoms with Crippen molar-refractivity contribution in [3.63, 3.8) is 0 Å². The molecule has 0 aliphatic rings. The molecule has 96 valence electrons. The van der Waals surface area contributed by atoms with Crippen LogP contribution in [-0.4, -0.2) is 47.7 Å². The fraction of sp³-hybridized carbons (Fsp3) is 0.667. The van der Waals surface area contributed by atoms with Crippen LogP contribution in [0.1, 0.15) is 20.8 Å². The van der Waals surface area contributed by atoms with Crippen LogP contribution in [0.2, 0.25) is 0 Å². The summed E-state index contributed by atoms with van der Waals surface area (Å²) in [6.07, 6.45) is 1.69. The van der Waals surface area contributed by atoms with E-state index in [2.05, 4.69) is 41.0 Å². The topological polar surface area (TPSA) is 50.3 Å². The van der Waals surface area contributed by atoms with Gasteiger partial charge in [-0.1, -0.05) is 6.92 Å². The summed E-state index contributed by atoms with van der Waals surface area (Å²) in [5, 5.41) is 3.20. The number of likely N-dealkylation sites (N-methyl/N-ethyl adjacent to an activating group) is 1. The van der Waals surface area contributed by atoms with E-state index in [0.717, 1.165) is 19.6 Å². The van der Waals surface area contributed by atoms with E-state index in [9.17, 15) is 0 Å². The second kappa shape index (κ2) is 7.06. The van der Waals surface area contributed by atoms with Gasteiger partial charge >= 0.3 is 0 Å². The highest BCUT2D eigenvalue weighted by atomic mass is 16.5. The molecule has 0 atom stereocenters.